The molecule has 9 heteroatoms. The molecule has 2 aromatic rings. The number of hydrogen-bond acceptors (Lipinski definition) is 7. The highest BCUT2D eigenvalue weighted by atomic mass is 16.6. The van der Waals surface area contributed by atoms with Gasteiger partial charge in [-0.2, -0.15) is 0 Å². The number of amides is 1. The Morgan fingerprint density at radius 3 is 2.67 bits per heavy atom. The number of esters is 1. The molecule has 1 aromatic carbocycles. The fourth-order valence-corrected chi connectivity index (χ4v) is 2.00. The third-order valence-corrected chi connectivity index (χ3v) is 3.18. The molecule has 0 unspecified atom stereocenters. The van der Waals surface area contributed by atoms with Crippen molar-refractivity contribution in [2.45, 2.75) is 26.9 Å². The number of nitro benzene ring substituents is 1. The Kier molecular flexibility index (Phi) is 4.93. The smallest absolute Gasteiger partial charge is 0.346 e. The summed E-state index contributed by atoms with van der Waals surface area (Å²) in [5, 5.41) is 17.0. The normalized spacial score (nSPS) is 11.6. The summed E-state index contributed by atoms with van der Waals surface area (Å²) in [4.78, 5) is 34.6. The first-order valence-electron chi connectivity index (χ1n) is 6.98. The number of anilines is 1. The highest BCUT2D eigenvalue weighted by Gasteiger charge is 2.27. The summed E-state index contributed by atoms with van der Waals surface area (Å²) in [6.07, 6.45) is -1.17. The Balaban J connectivity index is 2.12. The van der Waals surface area contributed by atoms with E-state index < -0.39 is 22.9 Å². The number of nitrogens with zero attached hydrogens (tertiary/aromatic N) is 2. The Bertz CT molecular complexity index is 798. The summed E-state index contributed by atoms with van der Waals surface area (Å²) in [5.74, 6) is -0.889. The van der Waals surface area contributed by atoms with Gasteiger partial charge in [0.05, 0.1) is 4.92 Å². The van der Waals surface area contributed by atoms with Crippen molar-refractivity contribution in [1.29, 1.82) is 0 Å². The molecule has 0 saturated carbocycles. The van der Waals surface area contributed by atoms with Crippen LogP contribution in [-0.4, -0.2) is 28.1 Å². The summed E-state index contributed by atoms with van der Waals surface area (Å²) >= 11 is 0. The lowest BCUT2D eigenvalue weighted by molar-refractivity contribution is -0.385. The van der Waals surface area contributed by atoms with Crippen LogP contribution in [0.15, 0.2) is 28.8 Å². The third-order valence-electron chi connectivity index (χ3n) is 3.18. The van der Waals surface area contributed by atoms with Crippen LogP contribution < -0.4 is 5.32 Å². The lowest BCUT2D eigenvalue weighted by Crippen LogP contribution is -2.30. The van der Waals surface area contributed by atoms with E-state index in [1.165, 1.54) is 25.1 Å². The predicted octanol–water partition coefficient (Wildman–Crippen LogP) is 2.38. The molecule has 0 fully saturated rings. The summed E-state index contributed by atoms with van der Waals surface area (Å²) in [7, 11) is 0. The van der Waals surface area contributed by atoms with Crippen LogP contribution in [0.4, 0.5) is 11.5 Å². The second-order valence-corrected chi connectivity index (χ2v) is 5.09. The van der Waals surface area contributed by atoms with Gasteiger partial charge in [-0.05, 0) is 26.3 Å². The van der Waals surface area contributed by atoms with Crippen LogP contribution in [0.1, 0.15) is 28.6 Å². The van der Waals surface area contributed by atoms with Crippen molar-refractivity contribution in [1.82, 2.24) is 5.16 Å². The number of ether oxygens (including phenoxy) is 1. The van der Waals surface area contributed by atoms with Crippen molar-refractivity contribution in [3.05, 3.63) is 51.3 Å². The minimum atomic E-state index is -1.17. The first-order chi connectivity index (χ1) is 11.3. The number of carbonyl (C=O) groups excluding carboxylic acids is 2. The highest BCUT2D eigenvalue weighted by molar-refractivity contribution is 5.99. The molecular formula is C15H15N3O6. The Morgan fingerprint density at radius 1 is 1.38 bits per heavy atom. The van der Waals surface area contributed by atoms with Gasteiger partial charge < -0.3 is 14.6 Å². The molecule has 2 rings (SSSR count). The molecule has 0 radical (unpaired) electrons. The average Bonchev–Trinajstić information content (AvgIpc) is 2.91. The maximum Gasteiger partial charge on any atom is 0.346 e. The molecule has 0 saturated heterocycles. The standard InChI is InChI=1S/C15H15N3O6/c1-8-5-4-6-11(18(21)22)13(8)15(20)23-10(3)14(19)16-12-7-9(2)24-17-12/h4-7,10H,1-3H3,(H,16,17,19)/t10-/m1/s1. The molecule has 1 atom stereocenters. The van der Waals surface area contributed by atoms with E-state index in [2.05, 4.69) is 10.5 Å². The van der Waals surface area contributed by atoms with Gasteiger partial charge in [0.15, 0.2) is 11.9 Å². The molecule has 24 heavy (non-hydrogen) atoms. The van der Waals surface area contributed by atoms with Gasteiger partial charge in [-0.3, -0.25) is 14.9 Å². The quantitative estimate of drug-likeness (QED) is 0.506. The number of rotatable bonds is 5. The fraction of sp³-hybridized carbons (Fsp3) is 0.267. The minimum Gasteiger partial charge on any atom is -0.449 e. The Labute approximate surface area is 136 Å². The predicted molar refractivity (Wildman–Crippen MR) is 82.6 cm³/mol. The van der Waals surface area contributed by atoms with Crippen LogP contribution in [0, 0.1) is 24.0 Å². The molecule has 1 amide bonds. The largest absolute Gasteiger partial charge is 0.449 e. The molecule has 126 valence electrons. The van der Waals surface area contributed by atoms with E-state index in [9.17, 15) is 19.7 Å². The van der Waals surface area contributed by atoms with Crippen LogP contribution in [-0.2, 0) is 9.53 Å². The van der Waals surface area contributed by atoms with Crippen LogP contribution in [0.2, 0.25) is 0 Å². The van der Waals surface area contributed by atoms with E-state index in [1.807, 2.05) is 0 Å². The van der Waals surface area contributed by atoms with Crippen molar-refractivity contribution in [2.75, 3.05) is 5.32 Å². The van der Waals surface area contributed by atoms with E-state index in [-0.39, 0.29) is 17.1 Å². The minimum absolute atomic E-state index is 0.181. The maximum atomic E-state index is 12.2. The van der Waals surface area contributed by atoms with Gasteiger partial charge in [-0.25, -0.2) is 4.79 Å². The lowest BCUT2D eigenvalue weighted by Gasteiger charge is -2.13. The summed E-state index contributed by atoms with van der Waals surface area (Å²) in [6.45, 7) is 4.56. The molecular weight excluding hydrogens is 318 g/mol. The Morgan fingerprint density at radius 2 is 2.08 bits per heavy atom. The first-order valence-corrected chi connectivity index (χ1v) is 6.98. The van der Waals surface area contributed by atoms with Crippen LogP contribution in [0.5, 0.6) is 0 Å². The monoisotopic (exact) mass is 333 g/mol. The van der Waals surface area contributed by atoms with E-state index >= 15 is 0 Å². The highest BCUT2D eigenvalue weighted by Crippen LogP contribution is 2.23. The summed E-state index contributed by atoms with van der Waals surface area (Å²) in [5.41, 5.74) is -0.173. The number of aryl methyl sites for hydroxylation is 2. The third kappa shape index (κ3) is 3.75. The zero-order valence-electron chi connectivity index (χ0n) is 13.2. The number of hydrogen-bond donors (Lipinski definition) is 1. The SMILES string of the molecule is Cc1cc(NC(=O)[C@@H](C)OC(=O)c2c(C)cccc2[N+](=O)[O-])no1. The van der Waals surface area contributed by atoms with Crippen LogP contribution in [0.25, 0.3) is 0 Å². The number of nitro groups is 1. The fourth-order valence-electron chi connectivity index (χ4n) is 2.00. The molecule has 0 spiro atoms. The van der Waals surface area contributed by atoms with Gasteiger partial charge in [-0.1, -0.05) is 17.3 Å². The van der Waals surface area contributed by atoms with Crippen LogP contribution in [0.3, 0.4) is 0 Å². The topological polar surface area (TPSA) is 125 Å². The van der Waals surface area contributed by atoms with Gasteiger partial charge in [-0.15, -0.1) is 0 Å². The van der Waals surface area contributed by atoms with E-state index in [1.54, 1.807) is 19.9 Å². The first kappa shape index (κ1) is 17.1. The molecule has 1 N–H and O–H groups in total. The molecule has 1 heterocycles. The van der Waals surface area contributed by atoms with E-state index in [0.29, 0.717) is 11.3 Å². The van der Waals surface area contributed by atoms with Gasteiger partial charge >= 0.3 is 5.97 Å². The van der Waals surface area contributed by atoms with Crippen molar-refractivity contribution >= 4 is 23.4 Å². The van der Waals surface area contributed by atoms with Gasteiger partial charge in [0.2, 0.25) is 0 Å². The second-order valence-electron chi connectivity index (χ2n) is 5.09. The summed E-state index contributed by atoms with van der Waals surface area (Å²) < 4.78 is 9.84. The molecule has 0 aliphatic carbocycles. The molecule has 9 nitrogen and oxygen atoms in total. The molecule has 0 aliphatic rings. The molecule has 1 aromatic heterocycles. The zero-order valence-corrected chi connectivity index (χ0v) is 13.2. The number of benzene rings is 1. The zero-order chi connectivity index (χ0) is 17.9. The van der Waals surface area contributed by atoms with Gasteiger partial charge in [0.1, 0.15) is 11.3 Å². The van der Waals surface area contributed by atoms with Crippen molar-refractivity contribution in [3.8, 4) is 0 Å². The maximum absolute atomic E-state index is 12.2. The molecule has 0 aliphatic heterocycles. The number of nitrogens with one attached hydrogen (secondary N) is 1. The van der Waals surface area contributed by atoms with Gasteiger partial charge in [0, 0.05) is 12.1 Å². The second kappa shape index (κ2) is 6.90. The van der Waals surface area contributed by atoms with E-state index in [0.717, 1.165) is 0 Å². The van der Waals surface area contributed by atoms with Crippen molar-refractivity contribution in [2.24, 2.45) is 0 Å². The lowest BCUT2D eigenvalue weighted by atomic mass is 10.1. The number of aromatic nitrogens is 1. The molecule has 0 bridgehead atoms. The summed E-state index contributed by atoms with van der Waals surface area (Å²) in [6, 6.07) is 5.71. The Hall–Kier alpha value is -3.23. The van der Waals surface area contributed by atoms with Gasteiger partial charge in [0.25, 0.3) is 11.6 Å². The van der Waals surface area contributed by atoms with Crippen molar-refractivity contribution in [3.63, 3.8) is 0 Å². The number of carbonyl (C=O) groups is 2. The van der Waals surface area contributed by atoms with E-state index in [4.69, 9.17) is 9.26 Å². The average molecular weight is 333 g/mol. The van der Waals surface area contributed by atoms with Crippen LogP contribution >= 0.6 is 0 Å². The van der Waals surface area contributed by atoms with Crippen molar-refractivity contribution < 1.29 is 23.8 Å².